The summed E-state index contributed by atoms with van der Waals surface area (Å²) < 4.78 is 1.59. The van der Waals surface area contributed by atoms with E-state index >= 15 is 0 Å². The van der Waals surface area contributed by atoms with Crippen LogP contribution in [0, 0.1) is 0 Å². The third-order valence-corrected chi connectivity index (χ3v) is 2.79. The monoisotopic (exact) mass is 231 g/mol. The molecule has 2 aromatic heterocycles. The molecule has 4 nitrogen and oxygen atoms in total. The molecule has 0 N–H and O–H groups in total. The van der Waals surface area contributed by atoms with E-state index in [9.17, 15) is 4.79 Å². The van der Waals surface area contributed by atoms with Crippen molar-refractivity contribution < 1.29 is 0 Å². The zero-order valence-corrected chi connectivity index (χ0v) is 10.6. The summed E-state index contributed by atoms with van der Waals surface area (Å²) in [5.41, 5.74) is 1.88. The van der Waals surface area contributed by atoms with Gasteiger partial charge >= 0.3 is 0 Å². The third-order valence-electron chi connectivity index (χ3n) is 2.79. The molecule has 0 atom stereocenters. The number of hydrogen-bond acceptors (Lipinski definition) is 3. The van der Waals surface area contributed by atoms with Gasteiger partial charge in [-0.3, -0.25) is 4.79 Å². The van der Waals surface area contributed by atoms with E-state index in [2.05, 4.69) is 37.7 Å². The Balaban J connectivity index is 2.86. The van der Waals surface area contributed by atoms with Gasteiger partial charge in [-0.2, -0.15) is 0 Å². The Morgan fingerprint density at radius 1 is 1.18 bits per heavy atom. The van der Waals surface area contributed by atoms with Crippen LogP contribution in [0.2, 0.25) is 0 Å². The maximum absolute atomic E-state index is 11.9. The van der Waals surface area contributed by atoms with Crippen molar-refractivity contribution >= 4 is 5.78 Å². The molecule has 0 aliphatic rings. The van der Waals surface area contributed by atoms with Gasteiger partial charge in [0.15, 0.2) is 0 Å². The standard InChI is InChI=1S/C13H17N3O/c1-8(2)10-7-11(9(3)4)16-12(17)5-6-14-13(16)15-10/h5-9H,1-4H3. The highest BCUT2D eigenvalue weighted by molar-refractivity contribution is 5.34. The average molecular weight is 231 g/mol. The van der Waals surface area contributed by atoms with Crippen LogP contribution in [0.4, 0.5) is 0 Å². The molecule has 2 heterocycles. The first-order valence-corrected chi connectivity index (χ1v) is 5.89. The van der Waals surface area contributed by atoms with Gasteiger partial charge < -0.3 is 0 Å². The largest absolute Gasteiger partial charge is 0.269 e. The molecule has 0 radical (unpaired) electrons. The molecule has 0 amide bonds. The van der Waals surface area contributed by atoms with Crippen molar-refractivity contribution in [2.45, 2.75) is 39.5 Å². The summed E-state index contributed by atoms with van der Waals surface area (Å²) in [5.74, 6) is 1.09. The first kappa shape index (κ1) is 11.8. The molecule has 0 fully saturated rings. The normalized spacial score (nSPS) is 11.6. The minimum absolute atomic E-state index is 0.0680. The van der Waals surface area contributed by atoms with E-state index in [1.165, 1.54) is 12.3 Å². The Hall–Kier alpha value is -1.71. The molecule has 0 bridgehead atoms. The predicted octanol–water partition coefficient (Wildman–Crippen LogP) is 2.34. The van der Waals surface area contributed by atoms with Gasteiger partial charge in [0.2, 0.25) is 5.78 Å². The Bertz CT molecular complexity index is 599. The number of nitrogens with zero attached hydrogens (tertiary/aromatic N) is 3. The van der Waals surface area contributed by atoms with Crippen molar-refractivity contribution in [1.82, 2.24) is 14.4 Å². The minimum atomic E-state index is -0.0680. The van der Waals surface area contributed by atoms with Crippen LogP contribution >= 0.6 is 0 Å². The molecule has 0 aliphatic carbocycles. The van der Waals surface area contributed by atoms with Gasteiger partial charge in [0.1, 0.15) is 0 Å². The van der Waals surface area contributed by atoms with Crippen LogP contribution in [-0.2, 0) is 0 Å². The highest BCUT2D eigenvalue weighted by atomic mass is 16.1. The lowest BCUT2D eigenvalue weighted by atomic mass is 10.0. The first-order chi connectivity index (χ1) is 8.00. The molecular formula is C13H17N3O. The second kappa shape index (κ2) is 4.28. The fourth-order valence-electron chi connectivity index (χ4n) is 1.80. The van der Waals surface area contributed by atoms with Gasteiger partial charge in [0.25, 0.3) is 5.56 Å². The third kappa shape index (κ3) is 2.07. The van der Waals surface area contributed by atoms with Crippen LogP contribution in [0.15, 0.2) is 23.1 Å². The molecule has 4 heteroatoms. The maximum atomic E-state index is 11.9. The fraction of sp³-hybridized carbons (Fsp3) is 0.462. The summed E-state index contributed by atoms with van der Waals surface area (Å²) >= 11 is 0. The topological polar surface area (TPSA) is 47.3 Å². The van der Waals surface area contributed by atoms with E-state index in [-0.39, 0.29) is 11.5 Å². The summed E-state index contributed by atoms with van der Waals surface area (Å²) in [6.07, 6.45) is 1.51. The highest BCUT2D eigenvalue weighted by Gasteiger charge is 2.12. The van der Waals surface area contributed by atoms with Gasteiger partial charge in [0, 0.05) is 23.7 Å². The van der Waals surface area contributed by atoms with Gasteiger partial charge in [0.05, 0.1) is 0 Å². The number of fused-ring (bicyclic) bond motifs is 1. The number of hydrogen-bond donors (Lipinski definition) is 0. The lowest BCUT2D eigenvalue weighted by molar-refractivity contribution is 0.741. The van der Waals surface area contributed by atoms with E-state index in [0.717, 1.165) is 11.4 Å². The first-order valence-electron chi connectivity index (χ1n) is 5.89. The maximum Gasteiger partial charge on any atom is 0.259 e. The second-order valence-corrected chi connectivity index (χ2v) is 4.83. The van der Waals surface area contributed by atoms with Crippen LogP contribution in [-0.4, -0.2) is 14.4 Å². The zero-order chi connectivity index (χ0) is 12.6. The zero-order valence-electron chi connectivity index (χ0n) is 10.6. The Kier molecular flexibility index (Phi) is 2.96. The Labute approximate surface area is 100 Å². The molecule has 0 spiro atoms. The lowest BCUT2D eigenvalue weighted by Crippen LogP contribution is -2.20. The lowest BCUT2D eigenvalue weighted by Gasteiger charge is -2.14. The molecule has 0 unspecified atom stereocenters. The van der Waals surface area contributed by atoms with Crippen molar-refractivity contribution in [3.8, 4) is 0 Å². The smallest absolute Gasteiger partial charge is 0.259 e. The molecule has 0 aliphatic heterocycles. The van der Waals surface area contributed by atoms with Crippen molar-refractivity contribution in [3.05, 3.63) is 40.1 Å². The van der Waals surface area contributed by atoms with E-state index in [1.807, 2.05) is 6.07 Å². The van der Waals surface area contributed by atoms with Gasteiger partial charge in [-0.25, -0.2) is 14.4 Å². The molecule has 2 rings (SSSR count). The summed E-state index contributed by atoms with van der Waals surface area (Å²) in [5, 5.41) is 0. The average Bonchev–Trinajstić information content (AvgIpc) is 2.27. The van der Waals surface area contributed by atoms with E-state index in [1.54, 1.807) is 4.40 Å². The summed E-state index contributed by atoms with van der Waals surface area (Å²) in [6, 6.07) is 3.47. The van der Waals surface area contributed by atoms with Crippen LogP contribution in [0.1, 0.15) is 50.9 Å². The molecule has 90 valence electrons. The Morgan fingerprint density at radius 2 is 1.88 bits per heavy atom. The molecule has 0 saturated carbocycles. The summed E-state index contributed by atoms with van der Waals surface area (Å²) in [4.78, 5) is 20.5. The van der Waals surface area contributed by atoms with Gasteiger partial charge in [-0.1, -0.05) is 27.7 Å². The molecular weight excluding hydrogens is 214 g/mol. The van der Waals surface area contributed by atoms with E-state index in [0.29, 0.717) is 11.7 Å². The van der Waals surface area contributed by atoms with Crippen molar-refractivity contribution in [1.29, 1.82) is 0 Å². The summed E-state index contributed by atoms with van der Waals surface area (Å²) in [6.45, 7) is 8.31. The quantitative estimate of drug-likeness (QED) is 0.797. The summed E-state index contributed by atoms with van der Waals surface area (Å²) in [7, 11) is 0. The SMILES string of the molecule is CC(C)c1cc(C(C)C)n2c(=O)ccnc2n1. The van der Waals surface area contributed by atoms with Crippen LogP contribution < -0.4 is 5.56 Å². The van der Waals surface area contributed by atoms with Crippen LogP contribution in [0.25, 0.3) is 5.78 Å². The van der Waals surface area contributed by atoms with Crippen molar-refractivity contribution in [2.75, 3.05) is 0 Å². The van der Waals surface area contributed by atoms with Crippen molar-refractivity contribution in [2.24, 2.45) is 0 Å². The molecule has 2 aromatic rings. The van der Waals surface area contributed by atoms with Crippen molar-refractivity contribution in [3.63, 3.8) is 0 Å². The van der Waals surface area contributed by atoms with E-state index < -0.39 is 0 Å². The fourth-order valence-corrected chi connectivity index (χ4v) is 1.80. The molecule has 0 aromatic carbocycles. The Morgan fingerprint density at radius 3 is 2.47 bits per heavy atom. The van der Waals surface area contributed by atoms with E-state index in [4.69, 9.17) is 0 Å². The molecule has 17 heavy (non-hydrogen) atoms. The van der Waals surface area contributed by atoms with Gasteiger partial charge in [-0.05, 0) is 17.9 Å². The molecule has 0 saturated heterocycles. The van der Waals surface area contributed by atoms with Crippen LogP contribution in [0.3, 0.4) is 0 Å². The second-order valence-electron chi connectivity index (χ2n) is 4.83. The van der Waals surface area contributed by atoms with Gasteiger partial charge in [-0.15, -0.1) is 0 Å². The predicted molar refractivity (Wildman–Crippen MR) is 67.4 cm³/mol. The number of aromatic nitrogens is 3. The van der Waals surface area contributed by atoms with Crippen LogP contribution in [0.5, 0.6) is 0 Å². The minimum Gasteiger partial charge on any atom is -0.269 e. The number of rotatable bonds is 2. The highest BCUT2D eigenvalue weighted by Crippen LogP contribution is 2.19.